The number of hydrogen-bond acceptors (Lipinski definition) is 4. The maximum absolute atomic E-state index is 11.7. The molecule has 0 saturated heterocycles. The molecule has 122 valence electrons. The summed E-state index contributed by atoms with van der Waals surface area (Å²) in [5, 5.41) is 18.7. The summed E-state index contributed by atoms with van der Waals surface area (Å²) in [5.41, 5.74) is 1.93. The van der Waals surface area contributed by atoms with Gasteiger partial charge >= 0.3 is 11.8 Å². The number of benzene rings is 1. The molecule has 1 unspecified atom stereocenters. The SMILES string of the molecule is O=C(NCCc1ccccc1)C(=O)NCCC(O)c1ccsc1. The zero-order chi connectivity index (χ0) is 16.5. The second-order valence-corrected chi connectivity index (χ2v) is 5.89. The molecule has 0 radical (unpaired) electrons. The first-order chi connectivity index (χ1) is 11.2. The first-order valence-corrected chi connectivity index (χ1v) is 8.41. The lowest BCUT2D eigenvalue weighted by Gasteiger charge is -2.10. The van der Waals surface area contributed by atoms with Crippen molar-refractivity contribution in [3.63, 3.8) is 0 Å². The zero-order valence-electron chi connectivity index (χ0n) is 12.7. The van der Waals surface area contributed by atoms with Crippen LogP contribution in [0.5, 0.6) is 0 Å². The Kier molecular flexibility index (Phi) is 6.77. The molecule has 1 aromatic heterocycles. The Bertz CT molecular complexity index is 614. The molecule has 0 aliphatic carbocycles. The lowest BCUT2D eigenvalue weighted by Crippen LogP contribution is -2.41. The van der Waals surface area contributed by atoms with Gasteiger partial charge in [-0.2, -0.15) is 11.3 Å². The van der Waals surface area contributed by atoms with Gasteiger partial charge < -0.3 is 15.7 Å². The third-order valence-electron chi connectivity index (χ3n) is 3.38. The summed E-state index contributed by atoms with van der Waals surface area (Å²) in [6.45, 7) is 0.662. The largest absolute Gasteiger partial charge is 0.388 e. The van der Waals surface area contributed by atoms with Crippen molar-refractivity contribution in [2.24, 2.45) is 0 Å². The van der Waals surface area contributed by atoms with Crippen molar-refractivity contribution >= 4 is 23.2 Å². The summed E-state index contributed by atoms with van der Waals surface area (Å²) in [4.78, 5) is 23.3. The lowest BCUT2D eigenvalue weighted by atomic mass is 10.1. The van der Waals surface area contributed by atoms with Crippen molar-refractivity contribution in [1.82, 2.24) is 10.6 Å². The number of rotatable bonds is 7. The summed E-state index contributed by atoms with van der Waals surface area (Å²) < 4.78 is 0. The first kappa shape index (κ1) is 17.2. The molecule has 1 heterocycles. The van der Waals surface area contributed by atoms with Gasteiger partial charge in [0.25, 0.3) is 0 Å². The predicted molar refractivity (Wildman–Crippen MR) is 90.1 cm³/mol. The highest BCUT2D eigenvalue weighted by atomic mass is 32.1. The van der Waals surface area contributed by atoms with Crippen molar-refractivity contribution in [3.05, 3.63) is 58.3 Å². The Balaban J connectivity index is 1.62. The van der Waals surface area contributed by atoms with Crippen LogP contribution in [0.3, 0.4) is 0 Å². The summed E-state index contributed by atoms with van der Waals surface area (Å²) >= 11 is 1.51. The normalized spacial score (nSPS) is 11.7. The average Bonchev–Trinajstić information content (AvgIpc) is 3.10. The molecule has 3 N–H and O–H groups in total. The minimum Gasteiger partial charge on any atom is -0.388 e. The van der Waals surface area contributed by atoms with Crippen molar-refractivity contribution in [1.29, 1.82) is 0 Å². The van der Waals surface area contributed by atoms with Crippen LogP contribution in [0.4, 0.5) is 0 Å². The summed E-state index contributed by atoms with van der Waals surface area (Å²) in [6, 6.07) is 11.6. The molecule has 0 saturated carbocycles. The van der Waals surface area contributed by atoms with Crippen LogP contribution in [0.1, 0.15) is 23.7 Å². The minimum absolute atomic E-state index is 0.252. The van der Waals surface area contributed by atoms with Gasteiger partial charge in [0.2, 0.25) is 0 Å². The van der Waals surface area contributed by atoms with Crippen LogP contribution >= 0.6 is 11.3 Å². The van der Waals surface area contributed by atoms with Gasteiger partial charge in [0.05, 0.1) is 6.10 Å². The van der Waals surface area contributed by atoms with Crippen LogP contribution in [0, 0.1) is 0 Å². The summed E-state index contributed by atoms with van der Waals surface area (Å²) in [7, 11) is 0. The molecule has 0 aliphatic heterocycles. The first-order valence-electron chi connectivity index (χ1n) is 7.47. The van der Waals surface area contributed by atoms with Gasteiger partial charge in [-0.15, -0.1) is 0 Å². The van der Waals surface area contributed by atoms with Gasteiger partial charge in [-0.3, -0.25) is 9.59 Å². The third-order valence-corrected chi connectivity index (χ3v) is 4.08. The molecule has 23 heavy (non-hydrogen) atoms. The Morgan fingerprint density at radius 2 is 1.74 bits per heavy atom. The van der Waals surface area contributed by atoms with Crippen LogP contribution in [0.2, 0.25) is 0 Å². The zero-order valence-corrected chi connectivity index (χ0v) is 13.5. The van der Waals surface area contributed by atoms with E-state index in [1.54, 1.807) is 0 Å². The molecule has 2 aromatic rings. The van der Waals surface area contributed by atoms with E-state index in [1.807, 2.05) is 47.2 Å². The number of carbonyl (C=O) groups excluding carboxylic acids is 2. The fourth-order valence-corrected chi connectivity index (χ4v) is 2.79. The molecule has 0 fully saturated rings. The van der Waals surface area contributed by atoms with E-state index in [1.165, 1.54) is 11.3 Å². The van der Waals surface area contributed by atoms with Crippen LogP contribution < -0.4 is 10.6 Å². The number of thiophene rings is 1. The van der Waals surface area contributed by atoms with E-state index in [2.05, 4.69) is 10.6 Å². The smallest absolute Gasteiger partial charge is 0.309 e. The van der Waals surface area contributed by atoms with Crippen LogP contribution in [0.25, 0.3) is 0 Å². The van der Waals surface area contributed by atoms with Crippen molar-refractivity contribution < 1.29 is 14.7 Å². The molecule has 2 rings (SSSR count). The highest BCUT2D eigenvalue weighted by Crippen LogP contribution is 2.18. The van der Waals surface area contributed by atoms with Crippen LogP contribution in [-0.2, 0) is 16.0 Å². The van der Waals surface area contributed by atoms with Gasteiger partial charge in [0.15, 0.2) is 0 Å². The highest BCUT2D eigenvalue weighted by molar-refractivity contribution is 7.07. The van der Waals surface area contributed by atoms with E-state index in [9.17, 15) is 14.7 Å². The lowest BCUT2D eigenvalue weighted by molar-refractivity contribution is -0.139. The Hall–Kier alpha value is -2.18. The molecule has 6 heteroatoms. The number of amides is 2. The number of aliphatic hydroxyl groups is 1. The second-order valence-electron chi connectivity index (χ2n) is 5.11. The van der Waals surface area contributed by atoms with Gasteiger partial charge in [0.1, 0.15) is 0 Å². The quantitative estimate of drug-likeness (QED) is 0.675. The van der Waals surface area contributed by atoms with E-state index in [0.29, 0.717) is 19.4 Å². The number of carbonyl (C=O) groups is 2. The molecule has 0 spiro atoms. The standard InChI is InChI=1S/C17H20N2O3S/c20-15(14-8-11-23-12-14)7-10-19-17(22)16(21)18-9-6-13-4-2-1-3-5-13/h1-5,8,11-12,15,20H,6-7,9-10H2,(H,18,21)(H,19,22). The van der Waals surface area contributed by atoms with E-state index < -0.39 is 17.9 Å². The molecular weight excluding hydrogens is 312 g/mol. The molecule has 5 nitrogen and oxygen atoms in total. The predicted octanol–water partition coefficient (Wildman–Crippen LogP) is 1.65. The molecule has 0 bridgehead atoms. The summed E-state index contributed by atoms with van der Waals surface area (Å²) in [6.07, 6.45) is 0.430. The average molecular weight is 332 g/mol. The molecule has 2 amide bonds. The number of hydrogen-bond donors (Lipinski definition) is 3. The van der Waals surface area contributed by atoms with Gasteiger partial charge in [0, 0.05) is 13.1 Å². The maximum Gasteiger partial charge on any atom is 0.309 e. The molecule has 1 aromatic carbocycles. The topological polar surface area (TPSA) is 78.4 Å². The van der Waals surface area contributed by atoms with Crippen LogP contribution in [0.15, 0.2) is 47.2 Å². The number of aliphatic hydroxyl groups excluding tert-OH is 1. The van der Waals surface area contributed by atoms with Gasteiger partial charge in [-0.05, 0) is 40.8 Å². The molecule has 1 atom stereocenters. The van der Waals surface area contributed by atoms with E-state index >= 15 is 0 Å². The maximum atomic E-state index is 11.7. The van der Waals surface area contributed by atoms with Gasteiger partial charge in [-0.1, -0.05) is 30.3 Å². The Labute approximate surface area is 139 Å². The molecule has 0 aliphatic rings. The fourth-order valence-electron chi connectivity index (χ4n) is 2.08. The summed E-state index contributed by atoms with van der Waals surface area (Å²) in [5.74, 6) is -1.32. The third kappa shape index (κ3) is 5.84. The van der Waals surface area contributed by atoms with E-state index in [0.717, 1.165) is 11.1 Å². The number of nitrogens with one attached hydrogen (secondary N) is 2. The monoisotopic (exact) mass is 332 g/mol. The van der Waals surface area contributed by atoms with Gasteiger partial charge in [-0.25, -0.2) is 0 Å². The van der Waals surface area contributed by atoms with Crippen molar-refractivity contribution in [3.8, 4) is 0 Å². The minimum atomic E-state index is -0.671. The van der Waals surface area contributed by atoms with Crippen LogP contribution in [-0.4, -0.2) is 30.0 Å². The highest BCUT2D eigenvalue weighted by Gasteiger charge is 2.13. The second kappa shape index (κ2) is 9.07. The fraction of sp³-hybridized carbons (Fsp3) is 0.294. The van der Waals surface area contributed by atoms with Crippen molar-refractivity contribution in [2.45, 2.75) is 18.9 Å². The van der Waals surface area contributed by atoms with Crippen molar-refractivity contribution in [2.75, 3.05) is 13.1 Å². The Morgan fingerprint density at radius 3 is 2.39 bits per heavy atom. The van der Waals surface area contributed by atoms with E-state index in [-0.39, 0.29) is 6.54 Å². The Morgan fingerprint density at radius 1 is 1.04 bits per heavy atom. The molecular formula is C17H20N2O3S. The van der Waals surface area contributed by atoms with E-state index in [4.69, 9.17) is 0 Å².